The third-order valence-corrected chi connectivity index (χ3v) is 7.49. The Hall–Kier alpha value is -2.65. The van der Waals surface area contributed by atoms with E-state index in [4.69, 9.17) is 0 Å². The van der Waals surface area contributed by atoms with E-state index in [1.165, 1.54) is 0 Å². The molecule has 0 heterocycles. The van der Waals surface area contributed by atoms with Gasteiger partial charge in [0.05, 0.1) is 7.05 Å². The van der Waals surface area contributed by atoms with Crippen LogP contribution >= 0.6 is 7.05 Å². The van der Waals surface area contributed by atoms with Crippen molar-refractivity contribution in [2.75, 3.05) is 0 Å². The predicted octanol–water partition coefficient (Wildman–Crippen LogP) is 4.25. The van der Waals surface area contributed by atoms with Gasteiger partial charge in [0.25, 0.3) is 0 Å². The fourth-order valence-corrected chi connectivity index (χ4v) is 6.18. The molecule has 26 heavy (non-hydrogen) atoms. The summed E-state index contributed by atoms with van der Waals surface area (Å²) < 4.78 is 43.1. The zero-order chi connectivity index (χ0) is 18.6. The fourth-order valence-electron chi connectivity index (χ4n) is 2.74. The third kappa shape index (κ3) is 3.49. The van der Waals surface area contributed by atoms with Crippen molar-refractivity contribution in [3.05, 3.63) is 91.0 Å². The molecule has 0 aliphatic heterocycles. The van der Waals surface area contributed by atoms with Crippen LogP contribution in [0, 0.1) is 0 Å². The molecule has 0 atom stereocenters. The molecule has 0 aliphatic carbocycles. The molecule has 0 N–H and O–H groups in total. The average Bonchev–Trinajstić information content (AvgIpc) is 2.67. The quantitative estimate of drug-likeness (QED) is 0.631. The Morgan fingerprint density at radius 2 is 0.962 bits per heavy atom. The second kappa shape index (κ2) is 7.30. The Balaban J connectivity index is 2.44. The van der Waals surface area contributed by atoms with Gasteiger partial charge < -0.3 is 0 Å². The van der Waals surface area contributed by atoms with E-state index < -0.39 is 19.1 Å². The number of rotatable bonds is 3. The predicted molar refractivity (Wildman–Crippen MR) is 98.6 cm³/mol. The minimum atomic E-state index is -5.02. The lowest BCUT2D eigenvalue weighted by molar-refractivity contribution is -0.169. The van der Waals surface area contributed by atoms with E-state index in [0.717, 1.165) is 0 Å². The highest BCUT2D eigenvalue weighted by molar-refractivity contribution is 7.87. The van der Waals surface area contributed by atoms with Gasteiger partial charge in [-0.3, -0.25) is 4.79 Å². The Morgan fingerprint density at radius 1 is 0.654 bits per heavy atom. The van der Waals surface area contributed by atoms with Crippen LogP contribution in [0.5, 0.6) is 0 Å². The zero-order valence-corrected chi connectivity index (χ0v) is 14.5. The lowest BCUT2D eigenvalue weighted by Crippen LogP contribution is -2.29. The summed E-state index contributed by atoms with van der Waals surface area (Å²) >= 11 is 0. The summed E-state index contributed by atoms with van der Waals surface area (Å²) in [7, 11) is -3.15. The molecule has 0 fully saturated rings. The standard InChI is InChI=1S/C20H15F3NOP/c21-20(22,23)19(25)24-26(16-10-4-1-5-11-16,17-12-6-2-7-13-17)18-14-8-3-9-15-18/h1-15H. The highest BCUT2D eigenvalue weighted by Crippen LogP contribution is 2.47. The molecule has 0 saturated heterocycles. The van der Waals surface area contributed by atoms with Crippen LogP contribution in [0.25, 0.3) is 0 Å². The Morgan fingerprint density at radius 3 is 1.23 bits per heavy atom. The molecule has 3 aromatic rings. The van der Waals surface area contributed by atoms with Gasteiger partial charge in [-0.05, 0) is 0 Å². The van der Waals surface area contributed by atoms with Crippen LogP contribution in [0.2, 0.25) is 0 Å². The summed E-state index contributed by atoms with van der Waals surface area (Å²) in [5.74, 6) is -2.07. The number of hydrogen-bond donors (Lipinski definition) is 0. The lowest BCUT2D eigenvalue weighted by atomic mass is 10.4. The molecule has 0 spiro atoms. The number of halogens is 3. The largest absolute Gasteiger partial charge is 0.473 e. The Kier molecular flexibility index (Phi) is 5.10. The molecular weight excluding hydrogens is 358 g/mol. The fraction of sp³-hybridized carbons (Fsp3) is 0.0500. The number of carbonyl (C=O) groups excluding carboxylic acids is 1. The normalized spacial score (nSPS) is 11.8. The summed E-state index contributed by atoms with van der Waals surface area (Å²) in [5.41, 5.74) is 0. The van der Waals surface area contributed by atoms with Crippen LogP contribution in [0.4, 0.5) is 13.2 Å². The molecule has 132 valence electrons. The van der Waals surface area contributed by atoms with Crippen LogP contribution < -0.4 is 15.9 Å². The molecule has 0 unspecified atom stereocenters. The molecule has 0 aromatic heterocycles. The van der Waals surface area contributed by atoms with E-state index in [1.807, 2.05) is 0 Å². The van der Waals surface area contributed by atoms with Crippen molar-refractivity contribution in [1.82, 2.24) is 0 Å². The lowest BCUT2D eigenvalue weighted by Gasteiger charge is -2.26. The Bertz CT molecular complexity index is 836. The SMILES string of the molecule is O=C(N=P(c1ccccc1)(c1ccccc1)c1ccccc1)C(F)(F)F. The van der Waals surface area contributed by atoms with E-state index in [0.29, 0.717) is 15.9 Å². The average molecular weight is 373 g/mol. The van der Waals surface area contributed by atoms with Gasteiger partial charge in [-0.1, -0.05) is 91.0 Å². The maximum absolute atomic E-state index is 13.1. The first-order valence-corrected chi connectivity index (χ1v) is 9.59. The molecule has 3 rings (SSSR count). The number of hydrogen-bond acceptors (Lipinski definition) is 1. The van der Waals surface area contributed by atoms with Gasteiger partial charge in [-0.25, -0.2) is 4.74 Å². The monoisotopic (exact) mass is 373 g/mol. The maximum atomic E-state index is 13.1. The highest BCUT2D eigenvalue weighted by atomic mass is 31.2. The second-order valence-electron chi connectivity index (χ2n) is 5.54. The molecule has 0 radical (unpaired) electrons. The van der Waals surface area contributed by atoms with Gasteiger partial charge in [0.15, 0.2) is 0 Å². The first-order valence-electron chi connectivity index (χ1n) is 7.85. The van der Waals surface area contributed by atoms with Crippen LogP contribution in [-0.2, 0) is 4.79 Å². The van der Waals surface area contributed by atoms with E-state index >= 15 is 0 Å². The number of benzene rings is 3. The molecule has 3 aromatic carbocycles. The number of alkyl halides is 3. The second-order valence-corrected chi connectivity index (χ2v) is 8.56. The van der Waals surface area contributed by atoms with Crippen molar-refractivity contribution in [3.63, 3.8) is 0 Å². The Labute approximate surface area is 149 Å². The molecule has 0 bridgehead atoms. The smallest absolute Gasteiger partial charge is 0.262 e. The van der Waals surface area contributed by atoms with Gasteiger partial charge in [0, 0.05) is 15.9 Å². The van der Waals surface area contributed by atoms with Gasteiger partial charge >= 0.3 is 12.1 Å². The van der Waals surface area contributed by atoms with Crippen molar-refractivity contribution < 1.29 is 18.0 Å². The topological polar surface area (TPSA) is 29.4 Å². The minimum Gasteiger partial charge on any atom is -0.262 e. The van der Waals surface area contributed by atoms with E-state index in [1.54, 1.807) is 91.0 Å². The number of amides is 1. The van der Waals surface area contributed by atoms with Gasteiger partial charge in [-0.2, -0.15) is 13.2 Å². The first kappa shape index (κ1) is 18.2. The van der Waals surface area contributed by atoms with E-state index in [-0.39, 0.29) is 0 Å². The highest BCUT2D eigenvalue weighted by Gasteiger charge is 2.41. The van der Waals surface area contributed by atoms with Gasteiger partial charge in [0.1, 0.15) is 0 Å². The molecule has 0 aliphatic rings. The van der Waals surface area contributed by atoms with Crippen LogP contribution in [0.3, 0.4) is 0 Å². The van der Waals surface area contributed by atoms with Crippen LogP contribution in [-0.4, -0.2) is 12.1 Å². The summed E-state index contributed by atoms with van der Waals surface area (Å²) in [4.78, 5) is 11.9. The zero-order valence-electron chi connectivity index (χ0n) is 13.6. The molecule has 2 nitrogen and oxygen atoms in total. The molecule has 1 amide bonds. The van der Waals surface area contributed by atoms with Crippen molar-refractivity contribution in [2.24, 2.45) is 4.74 Å². The summed E-state index contributed by atoms with van der Waals surface area (Å²) in [6, 6.07) is 26.1. The van der Waals surface area contributed by atoms with Crippen molar-refractivity contribution in [3.8, 4) is 0 Å². The first-order chi connectivity index (χ1) is 12.4. The molecule has 0 saturated carbocycles. The summed E-state index contributed by atoms with van der Waals surface area (Å²) in [5, 5.41) is 1.78. The third-order valence-electron chi connectivity index (χ3n) is 3.87. The summed E-state index contributed by atoms with van der Waals surface area (Å²) in [6.45, 7) is 0. The van der Waals surface area contributed by atoms with Gasteiger partial charge in [-0.15, -0.1) is 0 Å². The van der Waals surface area contributed by atoms with Crippen molar-refractivity contribution in [2.45, 2.75) is 6.18 Å². The molecular formula is C20H15F3NOP. The number of nitrogens with zero attached hydrogens (tertiary/aromatic N) is 1. The maximum Gasteiger partial charge on any atom is 0.473 e. The van der Waals surface area contributed by atoms with E-state index in [9.17, 15) is 18.0 Å². The minimum absolute atomic E-state index is 0.593. The molecule has 6 heteroatoms. The number of carbonyl (C=O) groups is 1. The summed E-state index contributed by atoms with van der Waals surface area (Å²) in [6.07, 6.45) is -5.02. The van der Waals surface area contributed by atoms with Crippen LogP contribution in [0.15, 0.2) is 95.7 Å². The van der Waals surface area contributed by atoms with Crippen molar-refractivity contribution >= 4 is 28.9 Å². The van der Waals surface area contributed by atoms with Crippen LogP contribution in [0.1, 0.15) is 0 Å². The van der Waals surface area contributed by atoms with Crippen molar-refractivity contribution in [1.29, 1.82) is 0 Å². The van der Waals surface area contributed by atoms with Gasteiger partial charge in [0.2, 0.25) is 0 Å². The van der Waals surface area contributed by atoms with E-state index in [2.05, 4.69) is 4.74 Å².